The molecular formula is C37H24N2S2. The number of hydrogen-bond acceptors (Lipinski definition) is 4. The maximum Gasteiger partial charge on any atom is 0.125 e. The number of benzene rings is 6. The molecule has 0 N–H and O–H groups in total. The molecule has 0 saturated carbocycles. The van der Waals surface area contributed by atoms with Gasteiger partial charge < -0.3 is 0 Å². The second-order valence-corrected chi connectivity index (χ2v) is 13.4. The molecule has 6 aromatic carbocycles. The van der Waals surface area contributed by atoms with Crippen molar-refractivity contribution in [2.75, 3.05) is 0 Å². The van der Waals surface area contributed by atoms with Crippen LogP contribution in [0.4, 0.5) is 0 Å². The van der Waals surface area contributed by atoms with E-state index in [0.29, 0.717) is 0 Å². The van der Waals surface area contributed by atoms with Crippen LogP contribution in [0.3, 0.4) is 0 Å². The maximum atomic E-state index is 5.20. The first kappa shape index (κ1) is 23.3. The highest BCUT2D eigenvalue weighted by Gasteiger charge is 2.36. The number of fused-ring (bicyclic) bond motifs is 7. The number of nitrogens with zero attached hydrogens (tertiary/aromatic N) is 2. The molecule has 8 aromatic rings. The molecule has 0 spiro atoms. The van der Waals surface area contributed by atoms with Gasteiger partial charge in [0, 0.05) is 16.5 Å². The van der Waals surface area contributed by atoms with E-state index in [0.717, 1.165) is 21.0 Å². The largest absolute Gasteiger partial charge is 0.236 e. The van der Waals surface area contributed by atoms with Crippen molar-refractivity contribution in [2.24, 2.45) is 0 Å². The summed E-state index contributed by atoms with van der Waals surface area (Å²) >= 11 is 3.56. The van der Waals surface area contributed by atoms with E-state index in [1.54, 1.807) is 22.7 Å². The summed E-state index contributed by atoms with van der Waals surface area (Å²) in [5, 5.41) is 7.06. The predicted octanol–water partition coefficient (Wildman–Crippen LogP) is 10.9. The molecule has 0 radical (unpaired) electrons. The van der Waals surface area contributed by atoms with Gasteiger partial charge in [0.1, 0.15) is 10.0 Å². The van der Waals surface area contributed by atoms with Gasteiger partial charge in [-0.15, -0.1) is 22.7 Å². The molecule has 2 heterocycles. The maximum absolute atomic E-state index is 5.20. The zero-order valence-corrected chi connectivity index (χ0v) is 24.2. The third-order valence-corrected chi connectivity index (χ3v) is 10.8. The van der Waals surface area contributed by atoms with Gasteiger partial charge in [-0.3, -0.25) is 0 Å². The smallest absolute Gasteiger partial charge is 0.125 e. The van der Waals surface area contributed by atoms with Crippen LogP contribution in [0.15, 0.2) is 109 Å². The molecule has 0 unspecified atom stereocenters. The van der Waals surface area contributed by atoms with Crippen LogP contribution in [0.2, 0.25) is 0 Å². The Bertz CT molecular complexity index is 2290. The first-order valence-electron chi connectivity index (χ1n) is 13.9. The van der Waals surface area contributed by atoms with Gasteiger partial charge in [-0.1, -0.05) is 86.6 Å². The average Bonchev–Trinajstić information content (AvgIpc) is 3.68. The van der Waals surface area contributed by atoms with Gasteiger partial charge in [-0.05, 0) is 80.2 Å². The molecule has 0 saturated heterocycles. The third-order valence-electron chi connectivity index (χ3n) is 8.74. The van der Waals surface area contributed by atoms with Crippen LogP contribution in [0, 0.1) is 0 Å². The van der Waals surface area contributed by atoms with Crippen LogP contribution < -0.4 is 0 Å². The summed E-state index contributed by atoms with van der Waals surface area (Å²) in [6.45, 7) is 4.72. The fraction of sp³-hybridized carbons (Fsp3) is 0.0811. The zero-order valence-electron chi connectivity index (χ0n) is 22.6. The van der Waals surface area contributed by atoms with Gasteiger partial charge in [0.25, 0.3) is 0 Å². The van der Waals surface area contributed by atoms with Gasteiger partial charge in [0.15, 0.2) is 0 Å². The molecule has 1 aliphatic rings. The van der Waals surface area contributed by atoms with Crippen LogP contribution in [0.25, 0.3) is 74.2 Å². The van der Waals surface area contributed by atoms with Crippen molar-refractivity contribution in [3.63, 3.8) is 0 Å². The number of thiazole rings is 2. The topological polar surface area (TPSA) is 25.8 Å². The number of para-hydroxylation sites is 2. The monoisotopic (exact) mass is 560 g/mol. The molecule has 0 bridgehead atoms. The summed E-state index contributed by atoms with van der Waals surface area (Å²) in [4.78, 5) is 10.4. The molecule has 0 amide bonds. The average molecular weight is 561 g/mol. The van der Waals surface area contributed by atoms with E-state index in [1.165, 1.54) is 64.3 Å². The minimum Gasteiger partial charge on any atom is -0.236 e. The Balaban J connectivity index is 1.49. The first-order valence-corrected chi connectivity index (χ1v) is 15.6. The van der Waals surface area contributed by atoms with Crippen molar-refractivity contribution in [3.05, 3.63) is 120 Å². The highest BCUT2D eigenvalue weighted by atomic mass is 32.1. The lowest BCUT2D eigenvalue weighted by Gasteiger charge is -2.23. The summed E-state index contributed by atoms with van der Waals surface area (Å²) in [6.07, 6.45) is 0. The van der Waals surface area contributed by atoms with Gasteiger partial charge in [0.2, 0.25) is 0 Å². The fourth-order valence-electron chi connectivity index (χ4n) is 6.79. The minimum absolute atomic E-state index is 0.0906. The van der Waals surface area contributed by atoms with Crippen molar-refractivity contribution in [2.45, 2.75) is 19.3 Å². The van der Waals surface area contributed by atoms with E-state index >= 15 is 0 Å². The van der Waals surface area contributed by atoms with Crippen LogP contribution in [0.1, 0.15) is 25.0 Å². The molecular weight excluding hydrogens is 537 g/mol. The Morgan fingerprint density at radius 3 is 1.61 bits per heavy atom. The molecule has 0 atom stereocenters. The minimum atomic E-state index is -0.0906. The summed E-state index contributed by atoms with van der Waals surface area (Å²) in [6, 6.07) is 39.6. The van der Waals surface area contributed by atoms with Gasteiger partial charge in [-0.25, -0.2) is 9.97 Å². The number of aromatic nitrogens is 2. The summed E-state index contributed by atoms with van der Waals surface area (Å²) in [5.74, 6) is 0. The van der Waals surface area contributed by atoms with Gasteiger partial charge in [-0.2, -0.15) is 0 Å². The molecule has 41 heavy (non-hydrogen) atoms. The lowest BCUT2D eigenvalue weighted by atomic mass is 9.81. The Hall–Kier alpha value is -4.38. The third kappa shape index (κ3) is 3.23. The first-order chi connectivity index (χ1) is 20.1. The van der Waals surface area contributed by atoms with E-state index in [-0.39, 0.29) is 5.41 Å². The van der Waals surface area contributed by atoms with Crippen LogP contribution in [0.5, 0.6) is 0 Å². The van der Waals surface area contributed by atoms with Crippen molar-refractivity contribution in [1.29, 1.82) is 0 Å². The molecule has 2 aromatic heterocycles. The van der Waals surface area contributed by atoms with Crippen molar-refractivity contribution in [1.82, 2.24) is 9.97 Å². The molecule has 4 heteroatoms. The second kappa shape index (κ2) is 8.32. The van der Waals surface area contributed by atoms with Crippen molar-refractivity contribution in [3.8, 4) is 32.3 Å². The summed E-state index contributed by atoms with van der Waals surface area (Å²) in [7, 11) is 0. The fourth-order valence-corrected chi connectivity index (χ4v) is 8.87. The molecule has 2 nitrogen and oxygen atoms in total. The zero-order chi connectivity index (χ0) is 27.3. The SMILES string of the molecule is CC1(C)c2ccccc2-c2cc3c(-c4nc5ccccc5s4)c4ccccc4c(-c4nc5ccccc5s4)c3cc21. The van der Waals surface area contributed by atoms with Crippen molar-refractivity contribution < 1.29 is 0 Å². The summed E-state index contributed by atoms with van der Waals surface area (Å²) < 4.78 is 2.42. The van der Waals surface area contributed by atoms with Crippen LogP contribution in [-0.4, -0.2) is 9.97 Å². The van der Waals surface area contributed by atoms with E-state index in [1.807, 2.05) is 0 Å². The highest BCUT2D eigenvalue weighted by molar-refractivity contribution is 7.22. The lowest BCUT2D eigenvalue weighted by Crippen LogP contribution is -2.14. The Kier molecular flexibility index (Phi) is 4.74. The van der Waals surface area contributed by atoms with E-state index in [9.17, 15) is 0 Å². The van der Waals surface area contributed by atoms with E-state index < -0.39 is 0 Å². The Labute approximate surface area is 245 Å². The van der Waals surface area contributed by atoms with Crippen LogP contribution >= 0.6 is 22.7 Å². The van der Waals surface area contributed by atoms with Crippen LogP contribution in [-0.2, 0) is 5.41 Å². The van der Waals surface area contributed by atoms with Crippen molar-refractivity contribution >= 4 is 64.7 Å². The molecule has 9 rings (SSSR count). The summed E-state index contributed by atoms with van der Waals surface area (Å²) in [5.41, 5.74) is 9.86. The lowest BCUT2D eigenvalue weighted by molar-refractivity contribution is 0.661. The predicted molar refractivity (Wildman–Crippen MR) is 176 cm³/mol. The molecule has 1 aliphatic carbocycles. The Morgan fingerprint density at radius 1 is 0.488 bits per heavy atom. The Morgan fingerprint density at radius 2 is 1.00 bits per heavy atom. The quantitative estimate of drug-likeness (QED) is 0.197. The molecule has 0 fully saturated rings. The highest BCUT2D eigenvalue weighted by Crippen LogP contribution is 2.53. The number of rotatable bonds is 2. The molecule has 0 aliphatic heterocycles. The van der Waals surface area contributed by atoms with E-state index in [2.05, 4.69) is 123 Å². The standard InChI is InChI=1S/C37H24N2S2/c1-37(2)27-14-6-5-11-21(27)24-19-25-26(20-28(24)37)34(36-39-30-16-8-10-18-32(30)41-36)23-13-4-3-12-22(23)33(25)35-38-29-15-7-9-17-31(29)40-35/h3-20H,1-2H3. The normalized spacial score (nSPS) is 13.8. The van der Waals surface area contributed by atoms with Gasteiger partial charge in [0.05, 0.1) is 20.4 Å². The molecule has 194 valence electrons. The second-order valence-electron chi connectivity index (χ2n) is 11.4. The number of hydrogen-bond donors (Lipinski definition) is 0. The van der Waals surface area contributed by atoms with Gasteiger partial charge >= 0.3 is 0 Å². The van der Waals surface area contributed by atoms with E-state index in [4.69, 9.17) is 9.97 Å².